The van der Waals surface area contributed by atoms with Gasteiger partial charge < -0.3 is 0 Å². The van der Waals surface area contributed by atoms with Crippen molar-refractivity contribution in [3.63, 3.8) is 0 Å². The van der Waals surface area contributed by atoms with E-state index < -0.39 is 0 Å². The first kappa shape index (κ1) is 12.8. The Morgan fingerprint density at radius 1 is 0.846 bits per heavy atom. The van der Waals surface area contributed by atoms with Crippen LogP contribution in [0.2, 0.25) is 0 Å². The summed E-state index contributed by atoms with van der Waals surface area (Å²) in [4.78, 5) is 0. The van der Waals surface area contributed by atoms with Gasteiger partial charge in [-0.15, -0.1) is 24.2 Å². The van der Waals surface area contributed by atoms with Crippen LogP contribution >= 0.6 is 22.6 Å². The SMILES string of the molecule is C#CCCCCC#CCCCCI. The lowest BCUT2D eigenvalue weighted by Crippen LogP contribution is -1.75. The van der Waals surface area contributed by atoms with Gasteiger partial charge in [0.25, 0.3) is 0 Å². The van der Waals surface area contributed by atoms with Crippen LogP contribution in [-0.2, 0) is 0 Å². The van der Waals surface area contributed by atoms with E-state index in [4.69, 9.17) is 6.42 Å². The first-order valence-electron chi connectivity index (χ1n) is 4.87. The summed E-state index contributed by atoms with van der Waals surface area (Å²) in [5.41, 5.74) is 0. The van der Waals surface area contributed by atoms with Crippen molar-refractivity contribution in [1.82, 2.24) is 0 Å². The Balaban J connectivity index is 3.07. The molecule has 0 bridgehead atoms. The van der Waals surface area contributed by atoms with Crippen molar-refractivity contribution >= 4 is 22.6 Å². The summed E-state index contributed by atoms with van der Waals surface area (Å²) in [7, 11) is 0. The number of alkyl halides is 1. The Morgan fingerprint density at radius 2 is 1.38 bits per heavy atom. The lowest BCUT2D eigenvalue weighted by Gasteiger charge is -1.89. The van der Waals surface area contributed by atoms with E-state index in [1.807, 2.05) is 0 Å². The molecule has 72 valence electrons. The van der Waals surface area contributed by atoms with E-state index in [1.165, 1.54) is 17.3 Å². The zero-order valence-electron chi connectivity index (χ0n) is 8.11. The number of hydrogen-bond donors (Lipinski definition) is 0. The lowest BCUT2D eigenvalue weighted by molar-refractivity contribution is 0.781. The highest BCUT2D eigenvalue weighted by molar-refractivity contribution is 14.1. The molecule has 0 aliphatic rings. The van der Waals surface area contributed by atoms with Crippen LogP contribution < -0.4 is 0 Å². The minimum Gasteiger partial charge on any atom is -0.120 e. The molecule has 0 N–H and O–H groups in total. The molecule has 0 nitrogen and oxygen atoms in total. The Hall–Kier alpha value is -0.150. The Kier molecular flexibility index (Phi) is 11.7. The Labute approximate surface area is 96.0 Å². The third-order valence-electron chi connectivity index (χ3n) is 1.68. The molecule has 0 fully saturated rings. The second-order valence-electron chi connectivity index (χ2n) is 2.91. The number of halogens is 1. The third kappa shape index (κ3) is 11.9. The molecule has 0 radical (unpaired) electrons. The van der Waals surface area contributed by atoms with E-state index in [-0.39, 0.29) is 0 Å². The van der Waals surface area contributed by atoms with Gasteiger partial charge in [0.1, 0.15) is 0 Å². The smallest absolute Gasteiger partial charge is 0.00890 e. The number of terminal acetylenes is 1. The Morgan fingerprint density at radius 3 is 1.92 bits per heavy atom. The third-order valence-corrected chi connectivity index (χ3v) is 2.45. The second-order valence-corrected chi connectivity index (χ2v) is 3.99. The minimum absolute atomic E-state index is 0.899. The van der Waals surface area contributed by atoms with Gasteiger partial charge in [0.2, 0.25) is 0 Å². The molecule has 0 saturated carbocycles. The summed E-state index contributed by atoms with van der Waals surface area (Å²) in [5, 5.41) is 0. The van der Waals surface area contributed by atoms with Crippen LogP contribution in [0.3, 0.4) is 0 Å². The monoisotopic (exact) mass is 288 g/mol. The molecule has 0 aliphatic carbocycles. The van der Waals surface area contributed by atoms with Gasteiger partial charge in [-0.3, -0.25) is 0 Å². The summed E-state index contributed by atoms with van der Waals surface area (Å²) in [6.07, 6.45) is 13.0. The fraction of sp³-hybridized carbons (Fsp3) is 0.667. The summed E-state index contributed by atoms with van der Waals surface area (Å²) in [6.45, 7) is 0. The van der Waals surface area contributed by atoms with Gasteiger partial charge in [-0.1, -0.05) is 22.6 Å². The van der Waals surface area contributed by atoms with E-state index >= 15 is 0 Å². The molecule has 1 heteroatoms. The number of unbranched alkanes of at least 4 members (excludes halogenated alkanes) is 5. The van der Waals surface area contributed by atoms with Crippen molar-refractivity contribution in [2.45, 2.75) is 44.9 Å². The van der Waals surface area contributed by atoms with Crippen molar-refractivity contribution in [3.8, 4) is 24.2 Å². The van der Waals surface area contributed by atoms with Crippen LogP contribution in [0.15, 0.2) is 0 Å². The van der Waals surface area contributed by atoms with Crippen LogP contribution in [-0.4, -0.2) is 4.43 Å². The zero-order valence-corrected chi connectivity index (χ0v) is 10.3. The zero-order chi connectivity index (χ0) is 9.78. The molecule has 0 aromatic heterocycles. The fourth-order valence-corrected chi connectivity index (χ4v) is 1.46. The van der Waals surface area contributed by atoms with Gasteiger partial charge in [0, 0.05) is 19.3 Å². The van der Waals surface area contributed by atoms with Gasteiger partial charge in [-0.2, -0.15) is 0 Å². The molecule has 0 spiro atoms. The molecule has 13 heavy (non-hydrogen) atoms. The van der Waals surface area contributed by atoms with E-state index in [0.717, 1.165) is 32.1 Å². The Bertz CT molecular complexity index is 189. The lowest BCUT2D eigenvalue weighted by atomic mass is 10.2. The normalized spacial score (nSPS) is 8.62. The highest BCUT2D eigenvalue weighted by Gasteiger charge is 1.83. The predicted octanol–water partition coefficient (Wildman–Crippen LogP) is 3.79. The standard InChI is InChI=1S/C12H17I/c1-2-3-4-5-6-7-8-9-10-11-12-13/h1H,3-6,9-12H2. The van der Waals surface area contributed by atoms with Gasteiger partial charge in [0.05, 0.1) is 0 Å². The van der Waals surface area contributed by atoms with Crippen molar-refractivity contribution in [2.24, 2.45) is 0 Å². The molecule has 0 aromatic carbocycles. The summed E-state index contributed by atoms with van der Waals surface area (Å²) >= 11 is 2.40. The molecule has 0 heterocycles. The molecule has 0 saturated heterocycles. The van der Waals surface area contributed by atoms with E-state index in [1.54, 1.807) is 0 Å². The molecule has 0 rings (SSSR count). The maximum atomic E-state index is 5.14. The van der Waals surface area contributed by atoms with Crippen molar-refractivity contribution in [1.29, 1.82) is 0 Å². The van der Waals surface area contributed by atoms with E-state index in [0.29, 0.717) is 0 Å². The van der Waals surface area contributed by atoms with E-state index in [2.05, 4.69) is 40.4 Å². The van der Waals surface area contributed by atoms with Crippen LogP contribution in [0.1, 0.15) is 44.9 Å². The van der Waals surface area contributed by atoms with Crippen molar-refractivity contribution in [2.75, 3.05) is 4.43 Å². The topological polar surface area (TPSA) is 0 Å². The van der Waals surface area contributed by atoms with E-state index in [9.17, 15) is 0 Å². The van der Waals surface area contributed by atoms with Gasteiger partial charge in [-0.25, -0.2) is 0 Å². The first-order chi connectivity index (χ1) is 6.41. The molecular formula is C12H17I. The first-order valence-corrected chi connectivity index (χ1v) is 6.39. The average molecular weight is 288 g/mol. The van der Waals surface area contributed by atoms with Gasteiger partial charge >= 0.3 is 0 Å². The summed E-state index contributed by atoms with van der Waals surface area (Å²) in [6, 6.07) is 0. The largest absolute Gasteiger partial charge is 0.120 e. The van der Waals surface area contributed by atoms with Gasteiger partial charge in [0.15, 0.2) is 0 Å². The van der Waals surface area contributed by atoms with Crippen molar-refractivity contribution in [3.05, 3.63) is 0 Å². The van der Waals surface area contributed by atoms with Crippen LogP contribution in [0.25, 0.3) is 0 Å². The second kappa shape index (κ2) is 11.8. The van der Waals surface area contributed by atoms with Crippen LogP contribution in [0.5, 0.6) is 0 Å². The van der Waals surface area contributed by atoms with Crippen molar-refractivity contribution < 1.29 is 0 Å². The summed E-state index contributed by atoms with van der Waals surface area (Å²) in [5.74, 6) is 9.01. The predicted molar refractivity (Wildman–Crippen MR) is 67.8 cm³/mol. The fourth-order valence-electron chi connectivity index (χ4n) is 0.925. The maximum absolute atomic E-state index is 5.14. The number of rotatable bonds is 6. The molecule has 0 unspecified atom stereocenters. The highest BCUT2D eigenvalue weighted by atomic mass is 127. The summed E-state index contributed by atoms with van der Waals surface area (Å²) < 4.78 is 1.25. The quantitative estimate of drug-likeness (QED) is 0.302. The number of hydrogen-bond acceptors (Lipinski definition) is 0. The molecule has 0 aliphatic heterocycles. The van der Waals surface area contributed by atoms with Crippen LogP contribution in [0, 0.1) is 24.2 Å². The molecule has 0 amide bonds. The van der Waals surface area contributed by atoms with Crippen LogP contribution in [0.4, 0.5) is 0 Å². The molecular weight excluding hydrogens is 271 g/mol. The average Bonchev–Trinajstić information content (AvgIpc) is 2.16. The van der Waals surface area contributed by atoms with Gasteiger partial charge in [-0.05, 0) is 30.1 Å². The maximum Gasteiger partial charge on any atom is 0.00890 e. The molecule has 0 atom stereocenters. The highest BCUT2D eigenvalue weighted by Crippen LogP contribution is 1.99. The minimum atomic E-state index is 0.899. The molecule has 0 aromatic rings.